The van der Waals surface area contributed by atoms with E-state index in [-0.39, 0.29) is 6.04 Å². The Morgan fingerprint density at radius 2 is 1.64 bits per heavy atom. The molecule has 1 N–H and O–H groups in total. The molecular weight excluding hydrogens is 464 g/mol. The van der Waals surface area contributed by atoms with E-state index in [1.54, 1.807) is 0 Å². The Morgan fingerprint density at radius 1 is 0.917 bits per heavy atom. The second-order valence-corrected chi connectivity index (χ2v) is 9.73. The first-order valence-corrected chi connectivity index (χ1v) is 12.7. The van der Waals surface area contributed by atoms with Crippen LogP contribution in [0.1, 0.15) is 53.6 Å². The Balaban J connectivity index is 1.59. The van der Waals surface area contributed by atoms with Crippen LogP contribution in [0, 0.1) is 13.8 Å². The second kappa shape index (κ2) is 10.1. The number of nitrogens with zero attached hydrogens (tertiary/aromatic N) is 3. The minimum absolute atomic E-state index is 0.192. The highest BCUT2D eigenvalue weighted by Crippen LogP contribution is 2.38. The summed E-state index contributed by atoms with van der Waals surface area (Å²) in [5.74, 6) is 1.07. The van der Waals surface area contributed by atoms with Crippen LogP contribution >= 0.6 is 12.2 Å². The van der Waals surface area contributed by atoms with Crippen molar-refractivity contribution in [1.29, 1.82) is 0 Å². The topological polar surface area (TPSA) is 54.2 Å². The zero-order valence-electron chi connectivity index (χ0n) is 21.1. The number of nitrogens with one attached hydrogen (secondary N) is 1. The predicted octanol–water partition coefficient (Wildman–Crippen LogP) is 6.78. The van der Waals surface area contributed by atoms with E-state index >= 15 is 0 Å². The number of thiocarbonyl (C=S) groups is 1. The minimum Gasteiger partial charge on any atom is -0.351 e. The summed E-state index contributed by atoms with van der Waals surface area (Å²) in [5.41, 5.74) is 8.83. The van der Waals surface area contributed by atoms with Crippen molar-refractivity contribution in [2.75, 3.05) is 0 Å². The molecule has 1 atom stereocenters. The first-order valence-electron chi connectivity index (χ1n) is 12.3. The molecule has 0 amide bonds. The molecule has 4 aromatic rings. The molecule has 1 aliphatic rings. The maximum atomic E-state index is 5.89. The lowest BCUT2D eigenvalue weighted by Gasteiger charge is -2.37. The number of allylic oxidation sites excluding steroid dienone is 1. The summed E-state index contributed by atoms with van der Waals surface area (Å²) in [6, 6.07) is 25.1. The van der Waals surface area contributed by atoms with Gasteiger partial charge in [0.2, 0.25) is 5.82 Å². The average Bonchev–Trinajstić information content (AvgIpc) is 3.36. The van der Waals surface area contributed by atoms with Crippen molar-refractivity contribution in [3.05, 3.63) is 112 Å². The van der Waals surface area contributed by atoms with Crippen LogP contribution in [0.5, 0.6) is 0 Å². The number of hydrogen-bond acceptors (Lipinski definition) is 4. The summed E-state index contributed by atoms with van der Waals surface area (Å²) in [4.78, 5) is 6.96. The van der Waals surface area contributed by atoms with Gasteiger partial charge in [-0.3, -0.25) is 0 Å². The molecule has 1 unspecified atom stereocenters. The minimum atomic E-state index is -0.192. The normalized spacial score (nSPS) is 15.8. The molecule has 2 heterocycles. The number of hydrogen-bond donors (Lipinski definition) is 1. The van der Waals surface area contributed by atoms with Gasteiger partial charge >= 0.3 is 0 Å². The van der Waals surface area contributed by atoms with Crippen molar-refractivity contribution >= 4 is 22.9 Å². The van der Waals surface area contributed by atoms with Gasteiger partial charge in [0.1, 0.15) is 0 Å². The molecule has 0 fully saturated rings. The van der Waals surface area contributed by atoms with Gasteiger partial charge in [-0.1, -0.05) is 89.9 Å². The lowest BCUT2D eigenvalue weighted by Crippen LogP contribution is -2.45. The molecule has 0 aliphatic carbocycles. The molecule has 5 nitrogen and oxygen atoms in total. The third kappa shape index (κ3) is 4.82. The Labute approximate surface area is 217 Å². The second-order valence-electron chi connectivity index (χ2n) is 9.34. The lowest BCUT2D eigenvalue weighted by molar-refractivity contribution is 0.396. The van der Waals surface area contributed by atoms with Crippen LogP contribution in [0.15, 0.2) is 83.0 Å². The van der Waals surface area contributed by atoms with E-state index in [0.717, 1.165) is 34.4 Å². The molecule has 0 saturated heterocycles. The fourth-order valence-corrected chi connectivity index (χ4v) is 4.99. The van der Waals surface area contributed by atoms with Gasteiger partial charge in [-0.2, -0.15) is 4.98 Å². The summed E-state index contributed by atoms with van der Waals surface area (Å²) in [7, 11) is 0. The van der Waals surface area contributed by atoms with E-state index in [0.29, 0.717) is 23.4 Å². The third-order valence-corrected chi connectivity index (χ3v) is 7.01. The molecule has 3 aromatic carbocycles. The van der Waals surface area contributed by atoms with Crippen LogP contribution in [0.4, 0.5) is 0 Å². The summed E-state index contributed by atoms with van der Waals surface area (Å²) in [6.07, 6.45) is 0.992. The maximum Gasteiger partial charge on any atom is 0.258 e. The molecule has 0 bridgehead atoms. The molecule has 0 radical (unpaired) electrons. The van der Waals surface area contributed by atoms with Crippen molar-refractivity contribution in [3.8, 4) is 11.4 Å². The summed E-state index contributed by atoms with van der Waals surface area (Å²) < 4.78 is 5.89. The van der Waals surface area contributed by atoms with Crippen LogP contribution in [-0.4, -0.2) is 20.2 Å². The fourth-order valence-electron chi connectivity index (χ4n) is 4.67. The third-order valence-electron chi connectivity index (χ3n) is 6.67. The van der Waals surface area contributed by atoms with Gasteiger partial charge in [0.05, 0.1) is 11.6 Å². The van der Waals surface area contributed by atoms with E-state index in [4.69, 9.17) is 21.7 Å². The van der Waals surface area contributed by atoms with Gasteiger partial charge < -0.3 is 14.7 Å². The van der Waals surface area contributed by atoms with Crippen LogP contribution in [0.25, 0.3) is 17.0 Å². The zero-order chi connectivity index (χ0) is 25.2. The van der Waals surface area contributed by atoms with E-state index in [1.807, 2.05) is 12.1 Å². The number of rotatable bonds is 6. The van der Waals surface area contributed by atoms with Crippen molar-refractivity contribution in [2.24, 2.45) is 0 Å². The van der Waals surface area contributed by atoms with Gasteiger partial charge in [-0.05, 0) is 62.2 Å². The SMILES string of the molecule is CCc1ccc(C2NC(=S)N(Cc3cccc(C)c3)C(C)=C2c2nc(-c3cccc(C)c3)no2)cc1. The van der Waals surface area contributed by atoms with Crippen molar-refractivity contribution in [2.45, 2.75) is 46.7 Å². The molecular formula is C30H30N4OS. The van der Waals surface area contributed by atoms with Gasteiger partial charge in [-0.25, -0.2) is 0 Å². The van der Waals surface area contributed by atoms with E-state index in [2.05, 4.69) is 104 Å². The van der Waals surface area contributed by atoms with Crippen LogP contribution < -0.4 is 5.32 Å². The predicted molar refractivity (Wildman–Crippen MR) is 148 cm³/mol. The van der Waals surface area contributed by atoms with Crippen molar-refractivity contribution in [1.82, 2.24) is 20.4 Å². The highest BCUT2D eigenvalue weighted by atomic mass is 32.1. The number of aryl methyl sites for hydroxylation is 3. The van der Waals surface area contributed by atoms with E-state index in [9.17, 15) is 0 Å². The Kier molecular flexibility index (Phi) is 6.70. The van der Waals surface area contributed by atoms with Crippen LogP contribution in [0.2, 0.25) is 0 Å². The molecule has 182 valence electrons. The summed E-state index contributed by atoms with van der Waals surface area (Å²) >= 11 is 5.87. The summed E-state index contributed by atoms with van der Waals surface area (Å²) in [5, 5.41) is 8.58. The van der Waals surface area contributed by atoms with Gasteiger partial charge in [0, 0.05) is 17.8 Å². The molecule has 36 heavy (non-hydrogen) atoms. The smallest absolute Gasteiger partial charge is 0.258 e. The quantitative estimate of drug-likeness (QED) is 0.298. The Morgan fingerprint density at radius 3 is 2.33 bits per heavy atom. The largest absolute Gasteiger partial charge is 0.351 e. The first kappa shape index (κ1) is 23.9. The van der Waals surface area contributed by atoms with Crippen molar-refractivity contribution < 1.29 is 4.52 Å². The van der Waals surface area contributed by atoms with E-state index < -0.39 is 0 Å². The zero-order valence-corrected chi connectivity index (χ0v) is 21.9. The summed E-state index contributed by atoms with van der Waals surface area (Å²) in [6.45, 7) is 9.06. The molecule has 0 spiro atoms. The van der Waals surface area contributed by atoms with Gasteiger partial charge in [-0.15, -0.1) is 0 Å². The molecule has 0 saturated carbocycles. The van der Waals surface area contributed by atoms with Crippen LogP contribution in [0.3, 0.4) is 0 Å². The number of aromatic nitrogens is 2. The van der Waals surface area contributed by atoms with Gasteiger partial charge in [0.15, 0.2) is 5.11 Å². The maximum absolute atomic E-state index is 5.89. The van der Waals surface area contributed by atoms with Crippen LogP contribution in [-0.2, 0) is 13.0 Å². The molecule has 1 aromatic heterocycles. The fraction of sp³-hybridized carbons (Fsp3) is 0.233. The molecule has 6 heteroatoms. The number of benzene rings is 3. The Hall–Kier alpha value is -3.77. The monoisotopic (exact) mass is 494 g/mol. The highest BCUT2D eigenvalue weighted by Gasteiger charge is 2.34. The van der Waals surface area contributed by atoms with Crippen molar-refractivity contribution in [3.63, 3.8) is 0 Å². The lowest BCUT2D eigenvalue weighted by atomic mass is 9.93. The standard InChI is InChI=1S/C30H30N4OS/c1-5-22-12-14-24(15-13-22)27-26(29-32-28(33-35-29)25-11-7-9-20(3)17-25)21(4)34(30(36)31-27)18-23-10-6-8-19(2)16-23/h6-17,27H,5,18H2,1-4H3,(H,31,36). The van der Waals surface area contributed by atoms with Gasteiger partial charge in [0.25, 0.3) is 5.89 Å². The first-order chi connectivity index (χ1) is 17.4. The highest BCUT2D eigenvalue weighted by molar-refractivity contribution is 7.80. The molecule has 1 aliphatic heterocycles. The average molecular weight is 495 g/mol. The van der Waals surface area contributed by atoms with E-state index in [1.165, 1.54) is 16.7 Å². The Bertz CT molecular complexity index is 1440. The molecule has 5 rings (SSSR count).